The van der Waals surface area contributed by atoms with Crippen LogP contribution in [0.2, 0.25) is 10.0 Å². The zero-order valence-corrected chi connectivity index (χ0v) is 28.5. The van der Waals surface area contributed by atoms with Crippen LogP contribution in [-0.2, 0) is 35.5 Å². The van der Waals surface area contributed by atoms with E-state index in [1.165, 1.54) is 29.2 Å². The van der Waals surface area contributed by atoms with Crippen molar-refractivity contribution in [2.24, 2.45) is 0 Å². The number of benzene rings is 4. The molecule has 2 aliphatic rings. The summed E-state index contributed by atoms with van der Waals surface area (Å²) in [7, 11) is 0. The topological polar surface area (TPSA) is 101 Å². The molecule has 0 amide bonds. The summed E-state index contributed by atoms with van der Waals surface area (Å²) >= 11 is 14.3. The third kappa shape index (κ3) is 7.84. The molecule has 0 bridgehead atoms. The molecule has 0 aliphatic carbocycles. The normalized spacial score (nSPS) is 16.2. The number of Topliss-reactive ketones (excluding diaryl/α,β-unsaturated/α-hetero) is 1. The second-order valence-corrected chi connectivity index (χ2v) is 13.8. The highest BCUT2D eigenvalue weighted by Crippen LogP contribution is 2.43. The number of carboxylic acid groups (broad SMARTS) is 1. The first-order valence-electron chi connectivity index (χ1n) is 16.4. The van der Waals surface area contributed by atoms with Crippen LogP contribution in [0.5, 0.6) is 0 Å². The summed E-state index contributed by atoms with van der Waals surface area (Å²) in [6, 6.07) is 24.9. The summed E-state index contributed by atoms with van der Waals surface area (Å²) in [5.41, 5.74) is 10.5. The fraction of sp³-hybridized carbons (Fsp3) is 0.333. The van der Waals surface area contributed by atoms with E-state index < -0.39 is 18.2 Å². The van der Waals surface area contributed by atoms with Gasteiger partial charge in [-0.3, -0.25) is 19.4 Å². The Kier molecular flexibility index (Phi) is 10.7. The van der Waals surface area contributed by atoms with E-state index in [0.717, 1.165) is 65.9 Å². The Balaban J connectivity index is 1.21. The Morgan fingerprint density at radius 2 is 1.10 bits per heavy atom. The van der Waals surface area contributed by atoms with Crippen LogP contribution in [0.3, 0.4) is 0 Å². The van der Waals surface area contributed by atoms with Crippen molar-refractivity contribution in [2.75, 3.05) is 26.2 Å². The van der Waals surface area contributed by atoms with E-state index in [1.807, 2.05) is 36.4 Å². The molecule has 4 aromatic carbocycles. The molecule has 0 radical (unpaired) electrons. The molecule has 2 aliphatic heterocycles. The first-order valence-corrected chi connectivity index (χ1v) is 17.1. The van der Waals surface area contributed by atoms with Gasteiger partial charge in [-0.25, -0.2) is 0 Å². The molecule has 9 heteroatoms. The third-order valence-corrected chi connectivity index (χ3v) is 10.2. The number of fused-ring (bicyclic) bond motifs is 2. The second kappa shape index (κ2) is 14.9. The van der Waals surface area contributed by atoms with Crippen LogP contribution in [0.1, 0.15) is 42.0 Å². The van der Waals surface area contributed by atoms with Gasteiger partial charge in [-0.2, -0.15) is 0 Å². The maximum Gasteiger partial charge on any atom is 0.306 e. The number of nitrogens with zero attached hydrogens (tertiary/aromatic N) is 2. The number of β-amino-alcohol motifs (C(OH)–C–C–N with tert-alkyl or cyclic N) is 2. The summed E-state index contributed by atoms with van der Waals surface area (Å²) in [5, 5.41) is 30.6. The van der Waals surface area contributed by atoms with Crippen LogP contribution in [0.4, 0.5) is 0 Å². The van der Waals surface area contributed by atoms with Crippen molar-refractivity contribution in [2.45, 2.75) is 57.9 Å². The molecule has 250 valence electrons. The van der Waals surface area contributed by atoms with Gasteiger partial charge in [0.05, 0.1) is 28.7 Å². The van der Waals surface area contributed by atoms with E-state index in [-0.39, 0.29) is 18.6 Å². The lowest BCUT2D eigenvalue weighted by Crippen LogP contribution is -2.37. The van der Waals surface area contributed by atoms with Gasteiger partial charge in [0, 0.05) is 67.9 Å². The van der Waals surface area contributed by atoms with Gasteiger partial charge >= 0.3 is 5.97 Å². The van der Waals surface area contributed by atoms with E-state index in [0.29, 0.717) is 29.7 Å². The molecule has 2 heterocycles. The van der Waals surface area contributed by atoms with Gasteiger partial charge in [-0.15, -0.1) is 0 Å². The molecule has 0 aromatic heterocycles. The fourth-order valence-corrected chi connectivity index (χ4v) is 7.73. The van der Waals surface area contributed by atoms with E-state index >= 15 is 0 Å². The maximum atomic E-state index is 11.4. The minimum Gasteiger partial charge on any atom is -0.481 e. The molecule has 0 unspecified atom stereocenters. The fourth-order valence-electron chi connectivity index (χ4n) is 7.05. The average molecular weight is 688 g/mol. The quantitative estimate of drug-likeness (QED) is 0.158. The van der Waals surface area contributed by atoms with Crippen molar-refractivity contribution >= 4 is 35.0 Å². The lowest BCUT2D eigenvalue weighted by atomic mass is 9.91. The standard InChI is InChI=1S/C39H40Cl2N2O5/c1-24(44)16-31(45)22-42-14-12-25-17-27(8-10-29(25)20-42)33-4-2-6-35(38(33)40)36-7-3-5-34(39(36)41)28-9-11-30-21-43(15-13-26(30)18-28)23-32(46)19-37(47)48/h2-11,17-18,31-32,45-46H,12-16,19-23H2,1H3,(H,47,48)/t31-,32-/m0/s1. The maximum absolute atomic E-state index is 11.4. The number of carbonyl (C=O) groups is 2. The van der Waals surface area contributed by atoms with Gasteiger partial charge in [0.15, 0.2) is 0 Å². The van der Waals surface area contributed by atoms with Crippen molar-refractivity contribution in [1.29, 1.82) is 0 Å². The molecule has 6 rings (SSSR count). The smallest absolute Gasteiger partial charge is 0.306 e. The number of rotatable bonds is 11. The Morgan fingerprint density at radius 3 is 1.54 bits per heavy atom. The zero-order valence-electron chi connectivity index (χ0n) is 27.0. The summed E-state index contributed by atoms with van der Waals surface area (Å²) < 4.78 is 0. The predicted octanol–water partition coefficient (Wildman–Crippen LogP) is 6.89. The SMILES string of the molecule is CC(=O)C[C@H](O)CN1CCc2cc(-c3cccc(-c4cccc(-c5ccc6c(c5)CCN(C[C@@H](O)CC(=O)O)C6)c4Cl)c3Cl)ccc2C1. The summed E-state index contributed by atoms with van der Waals surface area (Å²) in [6.45, 7) is 5.28. The van der Waals surface area contributed by atoms with Gasteiger partial charge in [0.1, 0.15) is 5.78 Å². The zero-order chi connectivity index (χ0) is 33.9. The average Bonchev–Trinajstić information content (AvgIpc) is 3.04. The molecule has 0 saturated heterocycles. The Morgan fingerprint density at radius 1 is 0.667 bits per heavy atom. The number of ketones is 1. The van der Waals surface area contributed by atoms with Crippen LogP contribution in [0.25, 0.3) is 33.4 Å². The molecule has 0 spiro atoms. The van der Waals surface area contributed by atoms with Crippen molar-refractivity contribution in [3.8, 4) is 33.4 Å². The first kappa shape index (κ1) is 34.3. The van der Waals surface area contributed by atoms with Crippen LogP contribution in [0.15, 0.2) is 72.8 Å². The Labute approximate surface area is 291 Å². The van der Waals surface area contributed by atoms with Crippen molar-refractivity contribution in [1.82, 2.24) is 9.80 Å². The number of carboxylic acids is 1. The molecule has 2 atom stereocenters. The molecule has 3 N–H and O–H groups in total. The van der Waals surface area contributed by atoms with E-state index in [1.54, 1.807) is 0 Å². The summed E-state index contributed by atoms with van der Waals surface area (Å²) in [6.07, 6.45) is 0.0442. The monoisotopic (exact) mass is 686 g/mol. The largest absolute Gasteiger partial charge is 0.481 e. The van der Waals surface area contributed by atoms with Gasteiger partial charge in [0.2, 0.25) is 0 Å². The number of carbonyl (C=O) groups excluding carboxylic acids is 1. The van der Waals surface area contributed by atoms with Crippen LogP contribution >= 0.6 is 23.2 Å². The number of hydrogen-bond donors (Lipinski definition) is 3. The van der Waals surface area contributed by atoms with Crippen molar-refractivity contribution in [3.05, 3.63) is 105 Å². The first-order chi connectivity index (χ1) is 23.0. The molecular formula is C39H40Cl2N2O5. The van der Waals surface area contributed by atoms with Gasteiger partial charge in [0.25, 0.3) is 0 Å². The lowest BCUT2D eigenvalue weighted by molar-refractivity contribution is -0.139. The lowest BCUT2D eigenvalue weighted by Gasteiger charge is -2.30. The van der Waals surface area contributed by atoms with Crippen molar-refractivity contribution in [3.63, 3.8) is 0 Å². The highest BCUT2D eigenvalue weighted by molar-refractivity contribution is 6.39. The Bertz CT molecular complexity index is 1710. The number of halogens is 2. The summed E-state index contributed by atoms with van der Waals surface area (Å²) in [5.74, 6) is -0.997. The molecule has 7 nitrogen and oxygen atoms in total. The molecule has 4 aromatic rings. The predicted molar refractivity (Wildman–Crippen MR) is 190 cm³/mol. The van der Waals surface area contributed by atoms with E-state index in [9.17, 15) is 19.8 Å². The molecule has 0 fully saturated rings. The Hall–Kier alpha value is -3.56. The minimum atomic E-state index is -0.996. The number of hydrogen-bond acceptors (Lipinski definition) is 6. The summed E-state index contributed by atoms with van der Waals surface area (Å²) in [4.78, 5) is 26.6. The molecular weight excluding hydrogens is 647 g/mol. The van der Waals surface area contributed by atoms with Gasteiger partial charge in [-0.05, 0) is 53.1 Å². The molecule has 0 saturated carbocycles. The highest BCUT2D eigenvalue weighted by atomic mass is 35.5. The van der Waals surface area contributed by atoms with Crippen LogP contribution in [0, 0.1) is 0 Å². The number of aliphatic hydroxyl groups excluding tert-OH is 2. The van der Waals surface area contributed by atoms with Gasteiger partial charge in [-0.1, -0.05) is 96.0 Å². The minimum absolute atomic E-state index is 0.00129. The number of aliphatic hydroxyl groups is 2. The van der Waals surface area contributed by atoms with Gasteiger partial charge < -0.3 is 15.3 Å². The number of aliphatic carboxylic acids is 1. The highest BCUT2D eigenvalue weighted by Gasteiger charge is 2.23. The van der Waals surface area contributed by atoms with E-state index in [4.69, 9.17) is 28.3 Å². The van der Waals surface area contributed by atoms with E-state index in [2.05, 4.69) is 46.2 Å². The molecule has 48 heavy (non-hydrogen) atoms. The third-order valence-electron chi connectivity index (χ3n) is 9.38. The second-order valence-electron chi connectivity index (χ2n) is 13.1. The van der Waals surface area contributed by atoms with Crippen LogP contribution in [-0.4, -0.2) is 75.3 Å². The van der Waals surface area contributed by atoms with Crippen LogP contribution < -0.4 is 0 Å². The van der Waals surface area contributed by atoms with Crippen molar-refractivity contribution < 1.29 is 24.9 Å².